The van der Waals surface area contributed by atoms with Gasteiger partial charge in [0.25, 0.3) is 0 Å². The van der Waals surface area contributed by atoms with Crippen molar-refractivity contribution in [3.05, 3.63) is 89.5 Å². The predicted octanol–water partition coefficient (Wildman–Crippen LogP) is 4.07. The molecular weight excluding hydrogens is 520 g/mol. The minimum absolute atomic E-state index is 0.0893. The second-order valence-electron chi connectivity index (χ2n) is 10.4. The first-order chi connectivity index (χ1) is 18.1. The topological polar surface area (TPSA) is 107 Å². The van der Waals surface area contributed by atoms with Gasteiger partial charge >= 0.3 is 5.97 Å². The van der Waals surface area contributed by atoms with E-state index in [0.29, 0.717) is 18.7 Å². The number of thioether (sulfide) groups is 1. The van der Waals surface area contributed by atoms with E-state index in [1.165, 1.54) is 17.3 Å². The molecule has 3 aromatic rings. The SMILES string of the molecule is CC1(C)SCCN(S(=O)(=O)c2ccc(-c3ccc(CN[C@H]4c5ccccc5C[C@@H]4O)cc3)cc2)[C@H]1C(=O)O. The Hall–Kier alpha value is -2.69. The van der Waals surface area contributed by atoms with Crippen LogP contribution in [0.4, 0.5) is 0 Å². The van der Waals surface area contributed by atoms with Crippen molar-refractivity contribution in [3.63, 3.8) is 0 Å². The predicted molar refractivity (Wildman–Crippen MR) is 149 cm³/mol. The Labute approximate surface area is 227 Å². The zero-order chi connectivity index (χ0) is 27.1. The summed E-state index contributed by atoms with van der Waals surface area (Å²) in [5.41, 5.74) is 5.22. The van der Waals surface area contributed by atoms with Gasteiger partial charge in [0, 0.05) is 30.0 Å². The van der Waals surface area contributed by atoms with E-state index in [9.17, 15) is 23.4 Å². The first-order valence-electron chi connectivity index (χ1n) is 12.7. The van der Waals surface area contributed by atoms with E-state index in [4.69, 9.17) is 0 Å². The number of carbonyl (C=O) groups is 1. The highest BCUT2D eigenvalue weighted by Crippen LogP contribution is 2.38. The highest BCUT2D eigenvalue weighted by atomic mass is 32.2. The number of aliphatic carboxylic acids is 1. The lowest BCUT2D eigenvalue weighted by molar-refractivity contribution is -0.142. The number of rotatable bonds is 7. The van der Waals surface area contributed by atoms with Crippen LogP contribution in [0.3, 0.4) is 0 Å². The molecule has 0 spiro atoms. The average molecular weight is 553 g/mol. The lowest BCUT2D eigenvalue weighted by atomic mass is 10.0. The van der Waals surface area contributed by atoms with E-state index >= 15 is 0 Å². The summed E-state index contributed by atoms with van der Waals surface area (Å²) in [4.78, 5) is 12.1. The number of hydrogen-bond donors (Lipinski definition) is 3. The summed E-state index contributed by atoms with van der Waals surface area (Å²) in [6.07, 6.45) is 0.214. The van der Waals surface area contributed by atoms with Gasteiger partial charge in [-0.3, -0.25) is 4.79 Å². The van der Waals surface area contributed by atoms with Gasteiger partial charge in [0.1, 0.15) is 6.04 Å². The highest BCUT2D eigenvalue weighted by Gasteiger charge is 2.48. The van der Waals surface area contributed by atoms with Gasteiger partial charge in [0.2, 0.25) is 10.0 Å². The van der Waals surface area contributed by atoms with E-state index in [1.807, 2.05) is 36.4 Å². The molecule has 3 atom stereocenters. The molecule has 7 nitrogen and oxygen atoms in total. The quantitative estimate of drug-likeness (QED) is 0.406. The third-order valence-corrected chi connectivity index (χ3v) is 10.7. The van der Waals surface area contributed by atoms with Gasteiger partial charge in [-0.2, -0.15) is 16.1 Å². The van der Waals surface area contributed by atoms with Crippen molar-refractivity contribution >= 4 is 27.8 Å². The average Bonchev–Trinajstić information content (AvgIpc) is 3.21. The van der Waals surface area contributed by atoms with Crippen LogP contribution >= 0.6 is 11.8 Å². The largest absolute Gasteiger partial charge is 0.480 e. The van der Waals surface area contributed by atoms with Crippen LogP contribution in [-0.4, -0.2) is 58.1 Å². The van der Waals surface area contributed by atoms with Crippen LogP contribution in [-0.2, 0) is 27.8 Å². The fraction of sp³-hybridized carbons (Fsp3) is 0.345. The third-order valence-electron chi connectivity index (χ3n) is 7.44. The number of aliphatic hydroxyl groups is 1. The van der Waals surface area contributed by atoms with Gasteiger partial charge in [0.05, 0.1) is 17.0 Å². The maximum atomic E-state index is 13.4. The molecule has 200 valence electrons. The summed E-state index contributed by atoms with van der Waals surface area (Å²) in [5, 5.41) is 23.7. The molecule has 9 heteroatoms. The Balaban J connectivity index is 1.28. The molecule has 38 heavy (non-hydrogen) atoms. The molecule has 0 amide bonds. The van der Waals surface area contributed by atoms with Crippen molar-refractivity contribution in [3.8, 4) is 11.1 Å². The fourth-order valence-electron chi connectivity index (χ4n) is 5.45. The Morgan fingerprint density at radius 3 is 2.32 bits per heavy atom. The van der Waals surface area contributed by atoms with Crippen molar-refractivity contribution in [2.24, 2.45) is 0 Å². The monoisotopic (exact) mass is 552 g/mol. The van der Waals surface area contributed by atoms with Crippen molar-refractivity contribution in [1.82, 2.24) is 9.62 Å². The maximum Gasteiger partial charge on any atom is 0.323 e. The summed E-state index contributed by atoms with van der Waals surface area (Å²) in [6, 6.07) is 21.5. The van der Waals surface area contributed by atoms with Gasteiger partial charge in [0.15, 0.2) is 0 Å². The van der Waals surface area contributed by atoms with E-state index in [1.54, 1.807) is 38.1 Å². The second-order valence-corrected chi connectivity index (χ2v) is 14.0. The number of carboxylic acids is 1. The van der Waals surface area contributed by atoms with E-state index in [-0.39, 0.29) is 17.5 Å². The molecule has 0 saturated carbocycles. The molecular formula is C29H32N2O5S2. The standard InChI is InChI=1S/C29H32N2O5S2/c1-29(2)27(28(33)34)31(15-16-37-29)38(35,36)23-13-11-21(12-14-23)20-9-7-19(8-10-20)18-30-26-24-6-4-3-5-22(24)17-25(26)32/h3-14,25-27,30,32H,15-18H2,1-2H3,(H,33,34)/t25-,26-,27-/m0/s1. The lowest BCUT2D eigenvalue weighted by Gasteiger charge is -2.42. The molecule has 1 heterocycles. The van der Waals surface area contributed by atoms with Crippen molar-refractivity contribution in [2.75, 3.05) is 12.3 Å². The molecule has 2 aliphatic rings. The second kappa shape index (κ2) is 10.5. The van der Waals surface area contributed by atoms with E-state index in [2.05, 4.69) is 17.4 Å². The van der Waals surface area contributed by atoms with Gasteiger partial charge in [-0.05, 0) is 53.8 Å². The van der Waals surface area contributed by atoms with Gasteiger partial charge in [-0.1, -0.05) is 60.7 Å². The van der Waals surface area contributed by atoms with Crippen LogP contribution in [0.5, 0.6) is 0 Å². The summed E-state index contributed by atoms with van der Waals surface area (Å²) < 4.78 is 27.2. The Morgan fingerprint density at radius 2 is 1.66 bits per heavy atom. The van der Waals surface area contributed by atoms with Crippen molar-refractivity contribution in [2.45, 2.75) is 54.6 Å². The third kappa shape index (κ3) is 5.13. The molecule has 0 aromatic heterocycles. The van der Waals surface area contributed by atoms with E-state index < -0.39 is 32.9 Å². The number of aliphatic hydroxyl groups excluding tert-OH is 1. The van der Waals surface area contributed by atoms with Crippen LogP contribution in [0, 0.1) is 0 Å². The van der Waals surface area contributed by atoms with E-state index in [0.717, 1.165) is 26.6 Å². The fourth-order valence-corrected chi connectivity index (χ4v) is 8.55. The summed E-state index contributed by atoms with van der Waals surface area (Å²) >= 11 is 1.48. The van der Waals surface area contributed by atoms with Crippen LogP contribution in [0.1, 0.15) is 36.6 Å². The normalized spacial score (nSPS) is 23.2. The molecule has 0 radical (unpaired) electrons. The number of hydrogen-bond acceptors (Lipinski definition) is 6. The number of sulfonamides is 1. The molecule has 1 saturated heterocycles. The molecule has 1 aliphatic carbocycles. The van der Waals surface area contributed by atoms with Crippen molar-refractivity contribution < 1.29 is 23.4 Å². The molecule has 1 fully saturated rings. The van der Waals surface area contributed by atoms with Crippen molar-refractivity contribution in [1.29, 1.82) is 0 Å². The zero-order valence-electron chi connectivity index (χ0n) is 21.4. The van der Waals surface area contributed by atoms with Crippen LogP contribution in [0.15, 0.2) is 77.7 Å². The van der Waals surface area contributed by atoms with Crippen LogP contribution < -0.4 is 5.32 Å². The van der Waals surface area contributed by atoms with Gasteiger partial charge in [-0.15, -0.1) is 0 Å². The smallest absolute Gasteiger partial charge is 0.323 e. The Bertz CT molecular complexity index is 1420. The summed E-state index contributed by atoms with van der Waals surface area (Å²) in [7, 11) is -3.96. The first kappa shape index (κ1) is 26.9. The first-order valence-corrected chi connectivity index (χ1v) is 15.1. The lowest BCUT2D eigenvalue weighted by Crippen LogP contribution is -2.58. The van der Waals surface area contributed by atoms with Gasteiger partial charge in [-0.25, -0.2) is 8.42 Å². The molecule has 3 aromatic carbocycles. The van der Waals surface area contributed by atoms with Crippen LogP contribution in [0.25, 0.3) is 11.1 Å². The number of carboxylic acid groups (broad SMARTS) is 1. The molecule has 5 rings (SSSR count). The minimum Gasteiger partial charge on any atom is -0.480 e. The summed E-state index contributed by atoms with van der Waals surface area (Å²) in [6.45, 7) is 4.32. The number of nitrogens with zero attached hydrogens (tertiary/aromatic N) is 1. The number of nitrogens with one attached hydrogen (secondary N) is 1. The molecule has 3 N–H and O–H groups in total. The Kier molecular flexibility index (Phi) is 7.41. The molecule has 1 aliphatic heterocycles. The highest BCUT2D eigenvalue weighted by molar-refractivity contribution is 8.00. The zero-order valence-corrected chi connectivity index (χ0v) is 23.0. The molecule has 0 unspecified atom stereocenters. The molecule has 0 bridgehead atoms. The number of fused-ring (bicyclic) bond motifs is 1. The maximum absolute atomic E-state index is 13.4. The number of benzene rings is 3. The Morgan fingerprint density at radius 1 is 1.03 bits per heavy atom. The minimum atomic E-state index is -3.96. The summed E-state index contributed by atoms with van der Waals surface area (Å²) in [5.74, 6) is -0.592. The van der Waals surface area contributed by atoms with Gasteiger partial charge < -0.3 is 15.5 Å². The van der Waals surface area contributed by atoms with Crippen LogP contribution in [0.2, 0.25) is 0 Å².